The van der Waals surface area contributed by atoms with Crippen LogP contribution in [0.2, 0.25) is 0 Å². The highest BCUT2D eigenvalue weighted by molar-refractivity contribution is 6.03. The van der Waals surface area contributed by atoms with Crippen LogP contribution in [0.15, 0.2) is 59.7 Å². The van der Waals surface area contributed by atoms with Crippen LogP contribution in [0.5, 0.6) is 5.75 Å². The molecule has 0 saturated heterocycles. The van der Waals surface area contributed by atoms with E-state index in [0.717, 1.165) is 11.3 Å². The molecule has 1 aliphatic heterocycles. The number of para-hydroxylation sites is 1. The van der Waals surface area contributed by atoms with E-state index in [2.05, 4.69) is 5.10 Å². The Morgan fingerprint density at radius 2 is 1.77 bits per heavy atom. The standard InChI is InChI=1S/C20H20N2O4/c23-18-10-5-4-9-15(18)17-13-16(14-7-2-1-3-8-14)21-22(17)19(24)11-6-12-20(25)26/h1-5,7-10,17,23H,6,11-13H2,(H,25,26)/p-1/t17-/m1/s1. The van der Waals surface area contributed by atoms with Gasteiger partial charge in [0.25, 0.3) is 0 Å². The van der Waals surface area contributed by atoms with Gasteiger partial charge in [-0.15, -0.1) is 0 Å². The van der Waals surface area contributed by atoms with Gasteiger partial charge in [-0.3, -0.25) is 4.79 Å². The summed E-state index contributed by atoms with van der Waals surface area (Å²) < 4.78 is 0. The maximum Gasteiger partial charge on any atom is 0.243 e. The molecule has 0 radical (unpaired) electrons. The molecule has 0 aromatic heterocycles. The van der Waals surface area contributed by atoms with E-state index >= 15 is 0 Å². The van der Waals surface area contributed by atoms with Crippen LogP contribution in [0.3, 0.4) is 0 Å². The highest BCUT2D eigenvalue weighted by Gasteiger charge is 2.34. The fourth-order valence-electron chi connectivity index (χ4n) is 3.06. The van der Waals surface area contributed by atoms with Crippen molar-refractivity contribution in [2.75, 3.05) is 0 Å². The van der Waals surface area contributed by atoms with E-state index in [1.807, 2.05) is 30.3 Å². The summed E-state index contributed by atoms with van der Waals surface area (Å²) in [5.41, 5.74) is 2.29. The molecule has 26 heavy (non-hydrogen) atoms. The number of benzene rings is 2. The molecule has 0 spiro atoms. The number of carboxylic acid groups (broad SMARTS) is 1. The zero-order valence-electron chi connectivity index (χ0n) is 14.2. The average molecular weight is 351 g/mol. The van der Waals surface area contributed by atoms with E-state index in [4.69, 9.17) is 0 Å². The van der Waals surface area contributed by atoms with Crippen LogP contribution in [0.25, 0.3) is 0 Å². The quantitative estimate of drug-likeness (QED) is 0.861. The number of hydrogen-bond donors (Lipinski definition) is 1. The third kappa shape index (κ3) is 3.91. The fourth-order valence-corrected chi connectivity index (χ4v) is 3.06. The number of rotatable bonds is 6. The van der Waals surface area contributed by atoms with Crippen molar-refractivity contribution in [3.05, 3.63) is 65.7 Å². The Hall–Kier alpha value is -3.15. The van der Waals surface area contributed by atoms with Crippen molar-refractivity contribution in [1.29, 1.82) is 0 Å². The minimum absolute atomic E-state index is 0.0592. The summed E-state index contributed by atoms with van der Waals surface area (Å²) in [6, 6.07) is 16.0. The lowest BCUT2D eigenvalue weighted by Gasteiger charge is -2.22. The number of amides is 1. The SMILES string of the molecule is O=C([O-])CCCC(=O)N1N=C(c2ccccc2)C[C@@H]1c1ccccc1O. The van der Waals surface area contributed by atoms with Crippen LogP contribution in [0, 0.1) is 0 Å². The molecule has 1 atom stereocenters. The van der Waals surface area contributed by atoms with E-state index in [0.29, 0.717) is 12.0 Å². The monoisotopic (exact) mass is 351 g/mol. The molecule has 0 unspecified atom stereocenters. The molecule has 0 fully saturated rings. The summed E-state index contributed by atoms with van der Waals surface area (Å²) in [6.45, 7) is 0. The first-order valence-corrected chi connectivity index (χ1v) is 8.49. The van der Waals surface area contributed by atoms with E-state index in [-0.39, 0.29) is 30.9 Å². The molecule has 0 aliphatic carbocycles. The second kappa shape index (κ2) is 7.82. The number of aliphatic carboxylic acids is 1. The number of nitrogens with zero attached hydrogens (tertiary/aromatic N) is 2. The molecule has 1 N–H and O–H groups in total. The van der Waals surface area contributed by atoms with E-state index in [1.165, 1.54) is 5.01 Å². The molecule has 0 bridgehead atoms. The summed E-state index contributed by atoms with van der Waals surface area (Å²) in [4.78, 5) is 23.2. The predicted molar refractivity (Wildman–Crippen MR) is 94.1 cm³/mol. The van der Waals surface area contributed by atoms with Gasteiger partial charge in [0.2, 0.25) is 5.91 Å². The molecule has 2 aromatic rings. The predicted octanol–water partition coefficient (Wildman–Crippen LogP) is 1.99. The van der Waals surface area contributed by atoms with Crippen LogP contribution in [0.4, 0.5) is 0 Å². The summed E-state index contributed by atoms with van der Waals surface area (Å²) in [5, 5.41) is 26.6. The lowest BCUT2D eigenvalue weighted by atomic mass is 9.97. The second-order valence-electron chi connectivity index (χ2n) is 6.16. The lowest BCUT2D eigenvalue weighted by molar-refractivity contribution is -0.305. The van der Waals surface area contributed by atoms with Gasteiger partial charge in [0.05, 0.1) is 11.8 Å². The van der Waals surface area contributed by atoms with Gasteiger partial charge >= 0.3 is 0 Å². The number of hydrazone groups is 1. The Morgan fingerprint density at radius 3 is 2.46 bits per heavy atom. The summed E-state index contributed by atoms with van der Waals surface area (Å²) in [5.74, 6) is -1.34. The number of phenols is 1. The third-order valence-corrected chi connectivity index (χ3v) is 4.34. The first-order valence-electron chi connectivity index (χ1n) is 8.49. The van der Waals surface area contributed by atoms with Crippen molar-refractivity contribution in [3.8, 4) is 5.75 Å². The van der Waals surface area contributed by atoms with Gasteiger partial charge < -0.3 is 15.0 Å². The zero-order chi connectivity index (χ0) is 18.5. The Bertz CT molecular complexity index is 833. The van der Waals surface area contributed by atoms with E-state index in [1.54, 1.807) is 24.3 Å². The smallest absolute Gasteiger partial charge is 0.243 e. The highest BCUT2D eigenvalue weighted by Crippen LogP contribution is 2.37. The Balaban J connectivity index is 1.87. The summed E-state index contributed by atoms with van der Waals surface area (Å²) in [7, 11) is 0. The number of phenolic OH excluding ortho intramolecular Hbond substituents is 1. The Morgan fingerprint density at radius 1 is 1.08 bits per heavy atom. The van der Waals surface area contributed by atoms with Gasteiger partial charge in [-0.2, -0.15) is 5.10 Å². The molecule has 1 aliphatic rings. The van der Waals surface area contributed by atoms with Crippen LogP contribution in [0.1, 0.15) is 42.9 Å². The first kappa shape index (κ1) is 17.7. The van der Waals surface area contributed by atoms with Gasteiger partial charge in [0.1, 0.15) is 5.75 Å². The van der Waals surface area contributed by atoms with Crippen molar-refractivity contribution in [2.24, 2.45) is 5.10 Å². The van der Waals surface area contributed by atoms with Crippen LogP contribution in [-0.2, 0) is 9.59 Å². The minimum Gasteiger partial charge on any atom is -0.550 e. The van der Waals surface area contributed by atoms with E-state index < -0.39 is 12.0 Å². The van der Waals surface area contributed by atoms with Crippen molar-refractivity contribution in [3.63, 3.8) is 0 Å². The Kier molecular flexibility index (Phi) is 5.31. The van der Waals surface area contributed by atoms with Gasteiger partial charge in [0, 0.05) is 24.4 Å². The largest absolute Gasteiger partial charge is 0.550 e. The summed E-state index contributed by atoms with van der Waals surface area (Å²) in [6.07, 6.45) is 0.564. The molecular formula is C20H19N2O4-. The topological polar surface area (TPSA) is 93.0 Å². The second-order valence-corrected chi connectivity index (χ2v) is 6.16. The number of carbonyl (C=O) groups excluding carboxylic acids is 2. The molecule has 0 saturated carbocycles. The number of aromatic hydroxyl groups is 1. The van der Waals surface area contributed by atoms with Gasteiger partial charge in [-0.1, -0.05) is 48.5 Å². The van der Waals surface area contributed by atoms with E-state index in [9.17, 15) is 19.8 Å². The molecule has 6 heteroatoms. The molecule has 134 valence electrons. The lowest BCUT2D eigenvalue weighted by Crippen LogP contribution is -2.28. The molecule has 1 amide bonds. The maximum absolute atomic E-state index is 12.6. The molecule has 3 rings (SSSR count). The zero-order valence-corrected chi connectivity index (χ0v) is 14.2. The average Bonchev–Trinajstić information content (AvgIpc) is 3.08. The van der Waals surface area contributed by atoms with Crippen molar-refractivity contribution >= 4 is 17.6 Å². The van der Waals surface area contributed by atoms with Crippen LogP contribution < -0.4 is 5.11 Å². The normalized spacial score (nSPS) is 16.4. The van der Waals surface area contributed by atoms with Gasteiger partial charge in [0.15, 0.2) is 0 Å². The van der Waals surface area contributed by atoms with Crippen molar-refractivity contribution in [2.45, 2.75) is 31.7 Å². The van der Waals surface area contributed by atoms with Gasteiger partial charge in [-0.25, -0.2) is 5.01 Å². The minimum atomic E-state index is -1.18. The fraction of sp³-hybridized carbons (Fsp3) is 0.250. The number of carbonyl (C=O) groups is 2. The number of hydrogen-bond acceptors (Lipinski definition) is 5. The van der Waals surface area contributed by atoms with Gasteiger partial charge in [-0.05, 0) is 24.5 Å². The third-order valence-electron chi connectivity index (χ3n) is 4.34. The summed E-state index contributed by atoms with van der Waals surface area (Å²) >= 11 is 0. The molecular weight excluding hydrogens is 332 g/mol. The Labute approximate surface area is 151 Å². The van der Waals surface area contributed by atoms with Crippen molar-refractivity contribution in [1.82, 2.24) is 5.01 Å². The first-order chi connectivity index (χ1) is 12.6. The van der Waals surface area contributed by atoms with Crippen molar-refractivity contribution < 1.29 is 19.8 Å². The molecule has 2 aromatic carbocycles. The molecule has 6 nitrogen and oxygen atoms in total. The van der Waals surface area contributed by atoms with Crippen LogP contribution >= 0.6 is 0 Å². The highest BCUT2D eigenvalue weighted by atomic mass is 16.4. The maximum atomic E-state index is 12.6. The number of carboxylic acids is 1. The van der Waals surface area contributed by atoms with Crippen LogP contribution in [-0.4, -0.2) is 27.7 Å². The molecule has 1 heterocycles.